The molecule has 0 bridgehead atoms. The van der Waals surface area contributed by atoms with E-state index in [1.807, 2.05) is 27.7 Å². The zero-order valence-corrected chi connectivity index (χ0v) is 26.8. The summed E-state index contributed by atoms with van der Waals surface area (Å²) in [6.45, 7) is 11.8. The van der Waals surface area contributed by atoms with Gasteiger partial charge in [0.2, 0.25) is 17.7 Å². The number of hydrogen-bond donors (Lipinski definition) is 6. The first-order chi connectivity index (χ1) is 19.7. The highest BCUT2D eigenvalue weighted by Crippen LogP contribution is 2.18. The molecule has 0 aliphatic heterocycles. The number of thiol groups is 1. The van der Waals surface area contributed by atoms with Gasteiger partial charge in [-0.1, -0.05) is 59.2 Å². The number of carboxylic acid groups (broad SMARTS) is 1. The Bertz CT molecular complexity index is 1080. The van der Waals surface area contributed by atoms with Crippen LogP contribution in [0.4, 0.5) is 4.79 Å². The third kappa shape index (κ3) is 13.3. The number of carbonyl (C=O) groups excluding carboxylic acids is 4. The van der Waals surface area contributed by atoms with Gasteiger partial charge in [0.1, 0.15) is 18.1 Å². The molecular weight excluding hydrogens is 584 g/mol. The van der Waals surface area contributed by atoms with Crippen LogP contribution in [0.1, 0.15) is 70.3 Å². The van der Waals surface area contributed by atoms with E-state index in [1.165, 1.54) is 12.1 Å². The molecule has 0 unspecified atom stereocenters. The number of halogens is 1. The van der Waals surface area contributed by atoms with Crippen molar-refractivity contribution >= 4 is 54.0 Å². The molecule has 5 N–H and O–H groups in total. The smallest absolute Gasteiger partial charge is 0.407 e. The Morgan fingerprint density at radius 2 is 1.55 bits per heavy atom. The first-order valence-corrected chi connectivity index (χ1v) is 15.1. The molecule has 4 amide bonds. The summed E-state index contributed by atoms with van der Waals surface area (Å²) in [6.07, 6.45) is 0.622. The van der Waals surface area contributed by atoms with E-state index >= 15 is 0 Å². The first kappa shape index (κ1) is 37.0. The van der Waals surface area contributed by atoms with Crippen LogP contribution < -0.4 is 21.3 Å². The van der Waals surface area contributed by atoms with Crippen molar-refractivity contribution in [3.05, 3.63) is 34.3 Å². The number of alkyl carbamates (subject to hydrolysis) is 1. The minimum absolute atomic E-state index is 0.00632. The zero-order chi connectivity index (χ0) is 32.0. The number of nitrogens with one attached hydrogen (secondary N) is 4. The van der Waals surface area contributed by atoms with E-state index in [2.05, 4.69) is 33.9 Å². The number of hydrogen-bond acceptors (Lipinski definition) is 7. The number of aromatic carboxylic acids is 1. The summed E-state index contributed by atoms with van der Waals surface area (Å²) in [7, 11) is 0. The quantitative estimate of drug-likeness (QED) is 0.144. The highest BCUT2D eigenvalue weighted by molar-refractivity contribution is 7.80. The Labute approximate surface area is 258 Å². The second kappa shape index (κ2) is 18.5. The topological polar surface area (TPSA) is 163 Å². The maximum Gasteiger partial charge on any atom is 0.407 e. The Kier molecular flexibility index (Phi) is 16.3. The fraction of sp³-hybridized carbons (Fsp3) is 0.621. The third-order valence-electron chi connectivity index (χ3n) is 6.30. The largest absolute Gasteiger partial charge is 0.478 e. The summed E-state index contributed by atoms with van der Waals surface area (Å²) < 4.78 is 5.18. The van der Waals surface area contributed by atoms with Crippen LogP contribution in [0.5, 0.6) is 0 Å². The van der Waals surface area contributed by atoms with Crippen molar-refractivity contribution < 1.29 is 33.8 Å². The van der Waals surface area contributed by atoms with Crippen molar-refractivity contribution in [3.8, 4) is 0 Å². The van der Waals surface area contributed by atoms with E-state index < -0.39 is 47.9 Å². The lowest BCUT2D eigenvalue weighted by Gasteiger charge is -2.27. The fourth-order valence-corrected chi connectivity index (χ4v) is 4.38. The standard InChI is InChI=1S/C29H45ClN4O7S/c1-16(2)10-12-41-29(40)34-24(18(5)6)27(37)32-22(13-17(3)4)26(36)33-23(15-42)25(35)31-11-9-19-7-8-20(28(38)39)14-21(19)30/h7-8,14,16-18,22-24,42H,9-13,15H2,1-6H3,(H,31,35)(H,32,37)(H,33,36)(H,34,40)(H,38,39)/t22-,23-,24-/m0/s1. The van der Waals surface area contributed by atoms with E-state index in [9.17, 15) is 24.0 Å². The lowest BCUT2D eigenvalue weighted by molar-refractivity contribution is -0.133. The van der Waals surface area contributed by atoms with Gasteiger partial charge in [0.15, 0.2) is 0 Å². The average Bonchev–Trinajstić information content (AvgIpc) is 2.89. The molecule has 0 heterocycles. The molecular formula is C29H45ClN4O7S. The summed E-state index contributed by atoms with van der Waals surface area (Å²) in [5.74, 6) is -2.54. The fourth-order valence-electron chi connectivity index (χ4n) is 3.85. The van der Waals surface area contributed by atoms with Crippen molar-refractivity contribution in [2.75, 3.05) is 18.9 Å². The molecule has 0 radical (unpaired) electrons. The molecule has 1 rings (SSSR count). The highest BCUT2D eigenvalue weighted by Gasteiger charge is 2.31. The summed E-state index contributed by atoms with van der Waals surface area (Å²) in [6, 6.07) is 1.49. The van der Waals surface area contributed by atoms with Crippen LogP contribution in [-0.4, -0.2) is 71.9 Å². The molecule has 11 nitrogen and oxygen atoms in total. The van der Waals surface area contributed by atoms with Gasteiger partial charge in [0, 0.05) is 17.3 Å². The summed E-state index contributed by atoms with van der Waals surface area (Å²) >= 11 is 10.4. The summed E-state index contributed by atoms with van der Waals surface area (Å²) in [5.41, 5.74) is 0.719. The third-order valence-corrected chi connectivity index (χ3v) is 7.02. The van der Waals surface area contributed by atoms with Crippen molar-refractivity contribution in [1.82, 2.24) is 21.3 Å². The molecule has 42 heavy (non-hydrogen) atoms. The zero-order valence-electron chi connectivity index (χ0n) is 25.2. The molecule has 3 atom stereocenters. The molecule has 1 aromatic rings. The Balaban J connectivity index is 2.81. The number of carboxylic acids is 1. The molecule has 13 heteroatoms. The van der Waals surface area contributed by atoms with Gasteiger partial charge in [-0.15, -0.1) is 0 Å². The second-order valence-electron chi connectivity index (χ2n) is 11.3. The number of benzene rings is 1. The van der Waals surface area contributed by atoms with Gasteiger partial charge in [-0.2, -0.15) is 12.6 Å². The van der Waals surface area contributed by atoms with Crippen molar-refractivity contribution in [3.63, 3.8) is 0 Å². The van der Waals surface area contributed by atoms with Crippen LogP contribution in [0.2, 0.25) is 5.02 Å². The lowest BCUT2D eigenvalue weighted by atomic mass is 10.00. The Hall–Kier alpha value is -2.99. The molecule has 1 aromatic carbocycles. The van der Waals surface area contributed by atoms with Crippen LogP contribution in [0.15, 0.2) is 18.2 Å². The maximum absolute atomic E-state index is 13.2. The summed E-state index contributed by atoms with van der Waals surface area (Å²) in [5, 5.41) is 20.0. The van der Waals surface area contributed by atoms with E-state index in [4.69, 9.17) is 21.4 Å². The normalized spacial score (nSPS) is 13.3. The Morgan fingerprint density at radius 1 is 0.905 bits per heavy atom. The monoisotopic (exact) mass is 628 g/mol. The van der Waals surface area contributed by atoms with Crippen molar-refractivity contribution in [2.45, 2.75) is 78.9 Å². The van der Waals surface area contributed by atoms with Gasteiger partial charge in [0.25, 0.3) is 0 Å². The van der Waals surface area contributed by atoms with Crippen LogP contribution in [-0.2, 0) is 25.5 Å². The first-order valence-electron chi connectivity index (χ1n) is 14.1. The predicted molar refractivity (Wildman–Crippen MR) is 165 cm³/mol. The van der Waals surface area contributed by atoms with Gasteiger partial charge in [-0.3, -0.25) is 14.4 Å². The lowest BCUT2D eigenvalue weighted by Crippen LogP contribution is -2.58. The SMILES string of the molecule is CC(C)CCOC(=O)N[C@H](C(=O)N[C@@H](CC(C)C)C(=O)N[C@@H](CS)C(=O)NCCc1ccc(C(=O)O)cc1Cl)C(C)C. The molecule has 0 fully saturated rings. The highest BCUT2D eigenvalue weighted by atomic mass is 35.5. The minimum Gasteiger partial charge on any atom is -0.478 e. The van der Waals surface area contributed by atoms with Crippen molar-refractivity contribution in [1.29, 1.82) is 0 Å². The van der Waals surface area contributed by atoms with Crippen LogP contribution in [0.25, 0.3) is 0 Å². The van der Waals surface area contributed by atoms with Crippen molar-refractivity contribution in [2.24, 2.45) is 17.8 Å². The number of amides is 4. The molecule has 0 aromatic heterocycles. The van der Waals surface area contributed by atoms with Gasteiger partial charge in [-0.25, -0.2) is 9.59 Å². The molecule has 236 valence electrons. The molecule has 0 spiro atoms. The molecule has 0 saturated carbocycles. The van der Waals surface area contributed by atoms with Crippen LogP contribution in [0.3, 0.4) is 0 Å². The predicted octanol–water partition coefficient (Wildman–Crippen LogP) is 3.44. The van der Waals surface area contributed by atoms with E-state index in [-0.39, 0.29) is 41.3 Å². The van der Waals surface area contributed by atoms with Gasteiger partial charge >= 0.3 is 12.1 Å². The molecule has 0 saturated heterocycles. The van der Waals surface area contributed by atoms with E-state index in [0.717, 1.165) is 0 Å². The second-order valence-corrected chi connectivity index (χ2v) is 12.0. The average molecular weight is 629 g/mol. The Morgan fingerprint density at radius 3 is 2.07 bits per heavy atom. The number of ether oxygens (including phenoxy) is 1. The van der Waals surface area contributed by atoms with E-state index in [0.29, 0.717) is 30.7 Å². The molecule has 0 aliphatic carbocycles. The number of carbonyl (C=O) groups is 5. The summed E-state index contributed by atoms with van der Waals surface area (Å²) in [4.78, 5) is 62.5. The maximum atomic E-state index is 13.2. The number of rotatable bonds is 17. The van der Waals surface area contributed by atoms with Gasteiger partial charge < -0.3 is 31.1 Å². The van der Waals surface area contributed by atoms with Gasteiger partial charge in [0.05, 0.1) is 12.2 Å². The van der Waals surface area contributed by atoms with Crippen LogP contribution in [0, 0.1) is 17.8 Å². The van der Waals surface area contributed by atoms with Crippen LogP contribution >= 0.6 is 24.2 Å². The minimum atomic E-state index is -1.09. The van der Waals surface area contributed by atoms with E-state index in [1.54, 1.807) is 19.9 Å². The molecule has 0 aliphatic rings. The van der Waals surface area contributed by atoms with Gasteiger partial charge in [-0.05, 0) is 54.7 Å².